The fraction of sp³-hybridized carbons (Fsp3) is 0.588. The first-order chi connectivity index (χ1) is 11.1. The van der Waals surface area contributed by atoms with E-state index >= 15 is 0 Å². The number of hydrogen-bond donors (Lipinski definition) is 0. The highest BCUT2D eigenvalue weighted by Crippen LogP contribution is 2.39. The van der Waals surface area contributed by atoms with Gasteiger partial charge in [0.05, 0.1) is 13.2 Å². The number of carbonyl (C=O) groups is 1. The van der Waals surface area contributed by atoms with Crippen LogP contribution in [0.5, 0.6) is 5.75 Å². The standard InChI is InChI=1S/C17H22N2O4/c1-23-13-8-6-12(7-9-13)15-5-3-2-4-10-18(15)17(20)14-11-16(14)19(21)22/h6-9,14-16H,2-5,10-11H2,1H3/t14-,15+,16-/m1/s1. The van der Waals surface area contributed by atoms with Crippen LogP contribution in [-0.2, 0) is 4.79 Å². The van der Waals surface area contributed by atoms with Crippen LogP contribution in [0.4, 0.5) is 0 Å². The third kappa shape index (κ3) is 3.30. The van der Waals surface area contributed by atoms with Crippen LogP contribution in [0.15, 0.2) is 24.3 Å². The predicted molar refractivity (Wildman–Crippen MR) is 84.8 cm³/mol. The van der Waals surface area contributed by atoms with Crippen LogP contribution in [0.2, 0.25) is 0 Å². The molecule has 1 heterocycles. The number of methoxy groups -OCH3 is 1. The van der Waals surface area contributed by atoms with Crippen LogP contribution in [0, 0.1) is 16.0 Å². The highest BCUT2D eigenvalue weighted by atomic mass is 16.6. The number of nitro groups is 1. The Labute approximate surface area is 135 Å². The van der Waals surface area contributed by atoms with Gasteiger partial charge in [0.2, 0.25) is 11.9 Å². The van der Waals surface area contributed by atoms with Crippen molar-refractivity contribution >= 4 is 5.91 Å². The molecule has 0 N–H and O–H groups in total. The van der Waals surface area contributed by atoms with Gasteiger partial charge >= 0.3 is 0 Å². The maximum atomic E-state index is 12.7. The molecule has 0 spiro atoms. The summed E-state index contributed by atoms with van der Waals surface area (Å²) >= 11 is 0. The summed E-state index contributed by atoms with van der Waals surface area (Å²) in [6.45, 7) is 0.691. The van der Waals surface area contributed by atoms with Crippen molar-refractivity contribution < 1.29 is 14.5 Å². The summed E-state index contributed by atoms with van der Waals surface area (Å²) in [7, 11) is 1.63. The number of carbonyl (C=O) groups excluding carboxylic acids is 1. The second-order valence-electron chi connectivity index (χ2n) is 6.36. The molecule has 0 aromatic heterocycles. The Morgan fingerprint density at radius 3 is 2.61 bits per heavy atom. The van der Waals surface area contributed by atoms with Gasteiger partial charge < -0.3 is 9.64 Å². The molecule has 0 radical (unpaired) electrons. The Balaban J connectivity index is 1.79. The molecule has 1 aliphatic carbocycles. The lowest BCUT2D eigenvalue weighted by atomic mass is 10.00. The van der Waals surface area contributed by atoms with Gasteiger partial charge in [-0.1, -0.05) is 25.0 Å². The lowest BCUT2D eigenvalue weighted by Crippen LogP contribution is -2.37. The monoisotopic (exact) mass is 318 g/mol. The molecule has 6 heteroatoms. The van der Waals surface area contributed by atoms with E-state index in [1.807, 2.05) is 29.2 Å². The first kappa shape index (κ1) is 15.8. The average molecular weight is 318 g/mol. The van der Waals surface area contributed by atoms with E-state index in [9.17, 15) is 14.9 Å². The smallest absolute Gasteiger partial charge is 0.233 e. The molecule has 3 rings (SSSR count). The van der Waals surface area contributed by atoms with Gasteiger partial charge in [0, 0.05) is 17.9 Å². The number of benzene rings is 1. The van der Waals surface area contributed by atoms with Crippen molar-refractivity contribution in [2.24, 2.45) is 5.92 Å². The highest BCUT2D eigenvalue weighted by molar-refractivity contribution is 5.82. The quantitative estimate of drug-likeness (QED) is 0.632. The zero-order valence-electron chi connectivity index (χ0n) is 13.3. The third-order valence-corrected chi connectivity index (χ3v) is 4.88. The highest BCUT2D eigenvalue weighted by Gasteiger charge is 2.55. The van der Waals surface area contributed by atoms with Crippen molar-refractivity contribution in [3.63, 3.8) is 0 Å². The van der Waals surface area contributed by atoms with E-state index in [2.05, 4.69) is 0 Å². The second-order valence-corrected chi connectivity index (χ2v) is 6.36. The first-order valence-electron chi connectivity index (χ1n) is 8.19. The minimum atomic E-state index is -0.678. The first-order valence-corrected chi connectivity index (χ1v) is 8.19. The summed E-state index contributed by atoms with van der Waals surface area (Å²) in [5, 5.41) is 10.9. The Morgan fingerprint density at radius 1 is 1.26 bits per heavy atom. The van der Waals surface area contributed by atoms with E-state index in [4.69, 9.17) is 4.74 Å². The van der Waals surface area contributed by atoms with E-state index in [-0.39, 0.29) is 16.9 Å². The molecule has 1 aromatic carbocycles. The number of hydrogen-bond acceptors (Lipinski definition) is 4. The summed E-state index contributed by atoms with van der Waals surface area (Å²) < 4.78 is 5.19. The number of nitrogens with zero attached hydrogens (tertiary/aromatic N) is 2. The van der Waals surface area contributed by atoms with Gasteiger partial charge in [-0.05, 0) is 30.5 Å². The van der Waals surface area contributed by atoms with Crippen molar-refractivity contribution in [3.05, 3.63) is 39.9 Å². The number of likely N-dealkylation sites (tertiary alicyclic amines) is 1. The molecule has 0 unspecified atom stereocenters. The fourth-order valence-electron chi connectivity index (χ4n) is 3.44. The molecule has 1 saturated heterocycles. The molecule has 23 heavy (non-hydrogen) atoms. The second kappa shape index (κ2) is 6.56. The minimum absolute atomic E-state index is 0.0175. The SMILES string of the molecule is COc1ccc([C@@H]2CCCCCN2C(=O)[C@@H]2C[C@H]2[N+](=O)[O-])cc1. The Bertz CT molecular complexity index is 587. The van der Waals surface area contributed by atoms with Crippen molar-refractivity contribution in [1.29, 1.82) is 0 Å². The number of amides is 1. The lowest BCUT2D eigenvalue weighted by Gasteiger charge is -2.30. The van der Waals surface area contributed by atoms with Crippen LogP contribution in [0.1, 0.15) is 43.7 Å². The topological polar surface area (TPSA) is 72.7 Å². The Morgan fingerprint density at radius 2 is 2.00 bits per heavy atom. The van der Waals surface area contributed by atoms with E-state index in [0.29, 0.717) is 13.0 Å². The molecule has 2 fully saturated rings. The van der Waals surface area contributed by atoms with Crippen LogP contribution in [0.3, 0.4) is 0 Å². The van der Waals surface area contributed by atoms with Gasteiger partial charge in [0.15, 0.2) is 0 Å². The largest absolute Gasteiger partial charge is 0.497 e. The molecule has 1 amide bonds. The van der Waals surface area contributed by atoms with Gasteiger partial charge in [0.25, 0.3) is 0 Å². The zero-order valence-corrected chi connectivity index (χ0v) is 13.3. The summed E-state index contributed by atoms with van der Waals surface area (Å²) in [4.78, 5) is 25.2. The number of rotatable bonds is 4. The van der Waals surface area contributed by atoms with E-state index in [1.165, 1.54) is 0 Å². The van der Waals surface area contributed by atoms with E-state index in [1.54, 1.807) is 7.11 Å². The van der Waals surface area contributed by atoms with Crippen molar-refractivity contribution in [2.45, 2.75) is 44.2 Å². The molecule has 1 saturated carbocycles. The van der Waals surface area contributed by atoms with Crippen LogP contribution in [-0.4, -0.2) is 35.4 Å². The van der Waals surface area contributed by atoms with E-state index < -0.39 is 12.0 Å². The maximum absolute atomic E-state index is 12.7. The summed E-state index contributed by atoms with van der Waals surface area (Å²) in [5.74, 6) is 0.314. The molecule has 3 atom stereocenters. The van der Waals surface area contributed by atoms with Gasteiger partial charge in [0.1, 0.15) is 11.7 Å². The van der Waals surface area contributed by atoms with Gasteiger partial charge in [-0.25, -0.2) is 0 Å². The van der Waals surface area contributed by atoms with Gasteiger partial charge in [-0.15, -0.1) is 0 Å². The zero-order chi connectivity index (χ0) is 16.4. The number of ether oxygens (including phenoxy) is 1. The van der Waals surface area contributed by atoms with Crippen molar-refractivity contribution in [1.82, 2.24) is 4.90 Å². The van der Waals surface area contributed by atoms with Crippen LogP contribution < -0.4 is 4.74 Å². The lowest BCUT2D eigenvalue weighted by molar-refractivity contribution is -0.497. The third-order valence-electron chi connectivity index (χ3n) is 4.88. The Hall–Kier alpha value is -2.11. The molecule has 6 nitrogen and oxygen atoms in total. The Kier molecular flexibility index (Phi) is 4.50. The molecule has 2 aliphatic rings. The van der Waals surface area contributed by atoms with Gasteiger partial charge in [-0.3, -0.25) is 14.9 Å². The molecule has 124 valence electrons. The summed E-state index contributed by atoms with van der Waals surface area (Å²) in [6.07, 6.45) is 4.43. The minimum Gasteiger partial charge on any atom is -0.497 e. The fourth-order valence-corrected chi connectivity index (χ4v) is 3.44. The van der Waals surface area contributed by atoms with Crippen LogP contribution in [0.25, 0.3) is 0 Å². The maximum Gasteiger partial charge on any atom is 0.233 e. The molecule has 1 aliphatic heterocycles. The van der Waals surface area contributed by atoms with Crippen molar-refractivity contribution in [2.75, 3.05) is 13.7 Å². The van der Waals surface area contributed by atoms with E-state index in [0.717, 1.165) is 37.0 Å². The van der Waals surface area contributed by atoms with Gasteiger partial charge in [-0.2, -0.15) is 0 Å². The average Bonchev–Trinajstić information content (AvgIpc) is 3.37. The van der Waals surface area contributed by atoms with Crippen LogP contribution >= 0.6 is 0 Å². The molecule has 1 aromatic rings. The molecule has 0 bridgehead atoms. The molecular weight excluding hydrogens is 296 g/mol. The summed E-state index contributed by atoms with van der Waals surface area (Å²) in [5.41, 5.74) is 1.08. The van der Waals surface area contributed by atoms with Crippen molar-refractivity contribution in [3.8, 4) is 5.75 Å². The summed E-state index contributed by atoms with van der Waals surface area (Å²) in [6, 6.07) is 7.13. The normalized spacial score (nSPS) is 27.2. The predicted octanol–water partition coefficient (Wildman–Crippen LogP) is 2.80. The molecular formula is C17H22N2O4.